The minimum absolute atomic E-state index is 0.0607. The van der Waals surface area contributed by atoms with E-state index in [1.54, 1.807) is 24.3 Å². The van der Waals surface area contributed by atoms with Crippen molar-refractivity contribution < 1.29 is 4.79 Å². The van der Waals surface area contributed by atoms with E-state index in [2.05, 4.69) is 32.1 Å². The highest BCUT2D eigenvalue weighted by Crippen LogP contribution is 2.24. The molecule has 0 aliphatic carbocycles. The van der Waals surface area contributed by atoms with Crippen LogP contribution in [-0.2, 0) is 4.79 Å². The van der Waals surface area contributed by atoms with Crippen LogP contribution in [0.2, 0.25) is 5.02 Å². The number of rotatable bonds is 3. The summed E-state index contributed by atoms with van der Waals surface area (Å²) in [6.45, 7) is 0. The molecule has 0 saturated carbocycles. The van der Waals surface area contributed by atoms with Crippen molar-refractivity contribution in [3.05, 3.63) is 63.6 Å². The van der Waals surface area contributed by atoms with Gasteiger partial charge in [-0.05, 0) is 48.4 Å². The quantitative estimate of drug-likeness (QED) is 0.762. The number of halogens is 2. The Morgan fingerprint density at radius 3 is 2.45 bits per heavy atom. The maximum absolute atomic E-state index is 12.3. The molecule has 1 aliphatic heterocycles. The van der Waals surface area contributed by atoms with E-state index in [4.69, 9.17) is 11.6 Å². The molecule has 2 atom stereocenters. The van der Waals surface area contributed by atoms with Crippen molar-refractivity contribution in [3.63, 3.8) is 0 Å². The van der Waals surface area contributed by atoms with Gasteiger partial charge in [0.1, 0.15) is 6.04 Å². The van der Waals surface area contributed by atoms with Gasteiger partial charge in [0.2, 0.25) is 5.91 Å². The summed E-state index contributed by atoms with van der Waals surface area (Å²) in [4.78, 5) is 12.3. The Morgan fingerprint density at radius 2 is 1.77 bits per heavy atom. The van der Waals surface area contributed by atoms with Crippen molar-refractivity contribution in [1.82, 2.24) is 10.9 Å². The molecule has 1 amide bonds. The fraction of sp³-hybridized carbons (Fsp3) is 0.188. The minimum atomic E-state index is -0.274. The van der Waals surface area contributed by atoms with Crippen molar-refractivity contribution in [2.24, 2.45) is 0 Å². The third-order valence-electron chi connectivity index (χ3n) is 3.60. The first-order valence-electron chi connectivity index (χ1n) is 6.95. The fourth-order valence-corrected chi connectivity index (χ4v) is 2.79. The van der Waals surface area contributed by atoms with E-state index in [9.17, 15) is 4.79 Å². The zero-order valence-electron chi connectivity index (χ0n) is 11.6. The monoisotopic (exact) mass is 379 g/mol. The summed E-state index contributed by atoms with van der Waals surface area (Å²) in [6, 6.07) is 15.0. The molecule has 2 aromatic carbocycles. The second kappa shape index (κ2) is 6.79. The van der Waals surface area contributed by atoms with Gasteiger partial charge < -0.3 is 5.32 Å². The summed E-state index contributed by atoms with van der Waals surface area (Å²) in [5.41, 5.74) is 8.11. The summed E-state index contributed by atoms with van der Waals surface area (Å²) in [7, 11) is 0. The summed E-state index contributed by atoms with van der Waals surface area (Å²) in [5.74, 6) is -0.0607. The molecule has 1 aliphatic rings. The molecular weight excluding hydrogens is 366 g/mol. The molecule has 1 fully saturated rings. The molecule has 0 aromatic heterocycles. The van der Waals surface area contributed by atoms with Crippen molar-refractivity contribution in [1.29, 1.82) is 0 Å². The maximum Gasteiger partial charge on any atom is 0.242 e. The number of carbonyl (C=O) groups excluding carboxylic acids is 1. The van der Waals surface area contributed by atoms with Gasteiger partial charge >= 0.3 is 0 Å². The Bertz CT molecular complexity index is 660. The van der Waals surface area contributed by atoms with Gasteiger partial charge in [-0.2, -0.15) is 0 Å². The van der Waals surface area contributed by atoms with E-state index in [1.807, 2.05) is 24.3 Å². The van der Waals surface area contributed by atoms with Gasteiger partial charge in [-0.1, -0.05) is 39.7 Å². The first-order valence-corrected chi connectivity index (χ1v) is 8.12. The highest BCUT2D eigenvalue weighted by molar-refractivity contribution is 9.10. The first-order chi connectivity index (χ1) is 10.6. The van der Waals surface area contributed by atoms with Crippen LogP contribution in [0.3, 0.4) is 0 Å². The van der Waals surface area contributed by atoms with Gasteiger partial charge in [-0.15, -0.1) is 0 Å². The summed E-state index contributed by atoms with van der Waals surface area (Å²) >= 11 is 9.26. The van der Waals surface area contributed by atoms with Gasteiger partial charge in [0, 0.05) is 21.2 Å². The Morgan fingerprint density at radius 1 is 1.09 bits per heavy atom. The van der Waals surface area contributed by atoms with Crippen LogP contribution >= 0.6 is 27.5 Å². The lowest BCUT2D eigenvalue weighted by atomic mass is 10.0. The standard InChI is InChI=1S/C16H15BrClN3O/c17-11-3-1-10(2-4-11)14-9-15(21-20-14)16(22)19-13-7-5-12(18)6-8-13/h1-8,14-15,20-21H,9H2,(H,19,22). The SMILES string of the molecule is O=C(Nc1ccc(Cl)cc1)C1CC(c2ccc(Br)cc2)NN1. The predicted molar refractivity (Wildman–Crippen MR) is 91.6 cm³/mol. The Kier molecular flexibility index (Phi) is 4.78. The number of hydrazine groups is 1. The topological polar surface area (TPSA) is 53.2 Å². The predicted octanol–water partition coefficient (Wildman–Crippen LogP) is 3.65. The van der Waals surface area contributed by atoms with Crippen LogP contribution in [0.15, 0.2) is 53.0 Å². The largest absolute Gasteiger partial charge is 0.325 e. The average Bonchev–Trinajstić information content (AvgIpc) is 3.00. The van der Waals surface area contributed by atoms with Crippen molar-refractivity contribution in [3.8, 4) is 0 Å². The molecule has 1 saturated heterocycles. The molecule has 3 N–H and O–H groups in total. The van der Waals surface area contributed by atoms with Crippen molar-refractivity contribution in [2.45, 2.75) is 18.5 Å². The van der Waals surface area contributed by atoms with Crippen LogP contribution in [0.25, 0.3) is 0 Å². The summed E-state index contributed by atoms with van der Waals surface area (Å²) in [5, 5.41) is 3.53. The van der Waals surface area contributed by atoms with Gasteiger partial charge in [-0.3, -0.25) is 4.79 Å². The lowest BCUT2D eigenvalue weighted by Gasteiger charge is -2.11. The highest BCUT2D eigenvalue weighted by Gasteiger charge is 2.30. The van der Waals surface area contributed by atoms with Gasteiger partial charge in [0.15, 0.2) is 0 Å². The van der Waals surface area contributed by atoms with E-state index >= 15 is 0 Å². The van der Waals surface area contributed by atoms with E-state index in [1.165, 1.54) is 0 Å². The van der Waals surface area contributed by atoms with Gasteiger partial charge in [-0.25, -0.2) is 10.9 Å². The fourth-order valence-electron chi connectivity index (χ4n) is 2.40. The van der Waals surface area contributed by atoms with Gasteiger partial charge in [0.05, 0.1) is 0 Å². The van der Waals surface area contributed by atoms with Crippen LogP contribution in [0, 0.1) is 0 Å². The number of nitrogens with one attached hydrogen (secondary N) is 3. The third kappa shape index (κ3) is 3.67. The zero-order chi connectivity index (χ0) is 15.5. The molecule has 22 heavy (non-hydrogen) atoms. The van der Waals surface area contributed by atoms with E-state index < -0.39 is 0 Å². The van der Waals surface area contributed by atoms with E-state index in [0.29, 0.717) is 11.4 Å². The second-order valence-corrected chi connectivity index (χ2v) is 6.53. The van der Waals surface area contributed by atoms with E-state index in [0.717, 1.165) is 15.7 Å². The molecule has 114 valence electrons. The third-order valence-corrected chi connectivity index (χ3v) is 4.38. The van der Waals surface area contributed by atoms with Crippen LogP contribution in [0.5, 0.6) is 0 Å². The molecule has 2 unspecified atom stereocenters. The molecule has 1 heterocycles. The van der Waals surface area contributed by atoms with Crippen molar-refractivity contribution in [2.75, 3.05) is 5.32 Å². The normalized spacial score (nSPS) is 20.8. The Balaban J connectivity index is 1.61. The molecule has 6 heteroatoms. The highest BCUT2D eigenvalue weighted by atomic mass is 79.9. The molecule has 3 rings (SSSR count). The maximum atomic E-state index is 12.3. The Hall–Kier alpha value is -1.40. The molecule has 0 radical (unpaired) electrons. The van der Waals surface area contributed by atoms with Crippen molar-refractivity contribution >= 4 is 39.1 Å². The molecule has 4 nitrogen and oxygen atoms in total. The second-order valence-electron chi connectivity index (χ2n) is 5.18. The number of amides is 1. The number of hydrogen-bond donors (Lipinski definition) is 3. The van der Waals surface area contributed by atoms with Crippen LogP contribution in [-0.4, -0.2) is 11.9 Å². The lowest BCUT2D eigenvalue weighted by molar-refractivity contribution is -0.117. The van der Waals surface area contributed by atoms with Crippen LogP contribution < -0.4 is 16.2 Å². The van der Waals surface area contributed by atoms with Gasteiger partial charge in [0.25, 0.3) is 0 Å². The molecular formula is C16H15BrClN3O. The Labute approximate surface area is 142 Å². The summed E-state index contributed by atoms with van der Waals surface area (Å²) in [6.07, 6.45) is 0.695. The molecule has 0 spiro atoms. The number of hydrogen-bond acceptors (Lipinski definition) is 3. The first kappa shape index (κ1) is 15.5. The smallest absolute Gasteiger partial charge is 0.242 e. The molecule has 0 bridgehead atoms. The average molecular weight is 381 g/mol. The minimum Gasteiger partial charge on any atom is -0.325 e. The number of anilines is 1. The van der Waals surface area contributed by atoms with Crippen LogP contribution in [0.4, 0.5) is 5.69 Å². The number of carbonyl (C=O) groups is 1. The number of benzene rings is 2. The van der Waals surface area contributed by atoms with E-state index in [-0.39, 0.29) is 18.0 Å². The van der Waals surface area contributed by atoms with Crippen LogP contribution in [0.1, 0.15) is 18.0 Å². The zero-order valence-corrected chi connectivity index (χ0v) is 14.0. The lowest BCUT2D eigenvalue weighted by Crippen LogP contribution is -2.39. The summed E-state index contributed by atoms with van der Waals surface area (Å²) < 4.78 is 1.04. The molecule has 2 aromatic rings.